The molecule has 2 heterocycles. The van der Waals surface area contributed by atoms with Crippen LogP contribution in [0.2, 0.25) is 0 Å². The van der Waals surface area contributed by atoms with Crippen LogP contribution in [0.1, 0.15) is 5.69 Å². The highest BCUT2D eigenvalue weighted by Gasteiger charge is 2.12. The lowest BCUT2D eigenvalue weighted by molar-refractivity contribution is 0.415. The maximum Gasteiger partial charge on any atom is 0.307 e. The number of hydrogen-bond donors (Lipinski definition) is 0. The summed E-state index contributed by atoms with van der Waals surface area (Å²) in [6, 6.07) is 7.75. The summed E-state index contributed by atoms with van der Waals surface area (Å²) in [5, 5.41) is 11.3. The van der Waals surface area contributed by atoms with E-state index in [0.717, 1.165) is 33.7 Å². The van der Waals surface area contributed by atoms with E-state index in [4.69, 9.17) is 4.74 Å². The highest BCUT2D eigenvalue weighted by atomic mass is 32.2. The lowest BCUT2D eigenvalue weighted by Gasteiger charge is -2.06. The minimum atomic E-state index is 0.0862. The first-order chi connectivity index (χ1) is 11.6. The van der Waals surface area contributed by atoms with Crippen LogP contribution in [0.4, 0.5) is 0 Å². The van der Waals surface area contributed by atoms with Crippen molar-refractivity contribution < 1.29 is 4.74 Å². The van der Waals surface area contributed by atoms with E-state index < -0.39 is 0 Å². The first-order valence-corrected chi connectivity index (χ1v) is 9.28. The molecule has 8 heteroatoms. The number of benzene rings is 1. The van der Waals surface area contributed by atoms with E-state index in [-0.39, 0.29) is 4.87 Å². The van der Waals surface area contributed by atoms with E-state index in [1.54, 1.807) is 23.4 Å². The molecule has 1 aromatic carbocycles. The summed E-state index contributed by atoms with van der Waals surface area (Å²) in [5.74, 6) is 2.35. The van der Waals surface area contributed by atoms with Gasteiger partial charge in [-0.25, -0.2) is 0 Å². The van der Waals surface area contributed by atoms with Gasteiger partial charge in [-0.3, -0.25) is 4.79 Å². The number of ether oxygens (including phenoxy) is 1. The zero-order valence-corrected chi connectivity index (χ0v) is 15.4. The summed E-state index contributed by atoms with van der Waals surface area (Å²) in [7, 11) is 3.59. The van der Waals surface area contributed by atoms with Gasteiger partial charge in [0.1, 0.15) is 5.75 Å². The molecule has 126 valence electrons. The van der Waals surface area contributed by atoms with Crippen molar-refractivity contribution in [3.05, 3.63) is 45.0 Å². The quantitative estimate of drug-likeness (QED) is 0.631. The van der Waals surface area contributed by atoms with Crippen LogP contribution in [0.25, 0.3) is 11.4 Å². The van der Waals surface area contributed by atoms with Crippen molar-refractivity contribution in [3.63, 3.8) is 0 Å². The predicted octanol–water partition coefficient (Wildman–Crippen LogP) is 2.81. The van der Waals surface area contributed by atoms with Gasteiger partial charge < -0.3 is 13.9 Å². The Morgan fingerprint density at radius 1 is 1.33 bits per heavy atom. The molecule has 0 aliphatic rings. The molecular weight excluding hydrogens is 344 g/mol. The first kappa shape index (κ1) is 16.8. The predicted molar refractivity (Wildman–Crippen MR) is 97.0 cm³/mol. The van der Waals surface area contributed by atoms with Crippen LogP contribution in [0.5, 0.6) is 5.75 Å². The fraction of sp³-hybridized carbons (Fsp3) is 0.312. The molecule has 0 bridgehead atoms. The van der Waals surface area contributed by atoms with E-state index >= 15 is 0 Å². The number of thiazole rings is 1. The Kier molecular flexibility index (Phi) is 5.06. The number of rotatable bonds is 6. The zero-order valence-electron chi connectivity index (χ0n) is 13.7. The first-order valence-electron chi connectivity index (χ1n) is 7.41. The molecule has 0 atom stereocenters. The molecule has 0 amide bonds. The largest absolute Gasteiger partial charge is 0.497 e. The molecule has 6 nitrogen and oxygen atoms in total. The monoisotopic (exact) mass is 362 g/mol. The van der Waals surface area contributed by atoms with Gasteiger partial charge in [0.2, 0.25) is 0 Å². The number of thioether (sulfide) groups is 1. The summed E-state index contributed by atoms with van der Waals surface area (Å²) in [6.45, 7) is 2.62. The van der Waals surface area contributed by atoms with Crippen LogP contribution < -0.4 is 9.61 Å². The molecule has 3 rings (SSSR count). The van der Waals surface area contributed by atoms with Gasteiger partial charge in [-0.2, -0.15) is 0 Å². The number of hydrogen-bond acceptors (Lipinski definition) is 6. The summed E-state index contributed by atoms with van der Waals surface area (Å²) in [5.41, 5.74) is 1.96. The van der Waals surface area contributed by atoms with Gasteiger partial charge in [-0.15, -0.1) is 10.2 Å². The summed E-state index contributed by atoms with van der Waals surface area (Å²) < 4.78 is 9.01. The lowest BCUT2D eigenvalue weighted by atomic mass is 10.2. The lowest BCUT2D eigenvalue weighted by Crippen LogP contribution is -2.15. The van der Waals surface area contributed by atoms with Gasteiger partial charge in [0.15, 0.2) is 11.0 Å². The number of aryl methyl sites for hydroxylation is 1. The van der Waals surface area contributed by atoms with Crippen molar-refractivity contribution >= 4 is 23.1 Å². The van der Waals surface area contributed by atoms with Gasteiger partial charge in [-0.05, 0) is 19.1 Å². The third-order valence-electron chi connectivity index (χ3n) is 3.69. The van der Waals surface area contributed by atoms with Gasteiger partial charge >= 0.3 is 4.87 Å². The van der Waals surface area contributed by atoms with Crippen molar-refractivity contribution in [2.45, 2.75) is 18.6 Å². The topological polar surface area (TPSA) is 61.9 Å². The highest BCUT2D eigenvalue weighted by Crippen LogP contribution is 2.25. The average Bonchev–Trinajstić information content (AvgIpc) is 3.12. The van der Waals surface area contributed by atoms with Gasteiger partial charge in [0.25, 0.3) is 0 Å². The van der Waals surface area contributed by atoms with Crippen LogP contribution in [0.15, 0.2) is 39.6 Å². The smallest absolute Gasteiger partial charge is 0.307 e. The van der Waals surface area contributed by atoms with Crippen LogP contribution in [-0.2, 0) is 13.6 Å². The molecule has 0 aliphatic heterocycles. The Labute approximate surface area is 148 Å². The SMILES string of the molecule is COc1cccc(-c2nnc(SCCn3c(C)csc3=O)n2C)c1. The molecule has 0 saturated heterocycles. The molecule has 2 aromatic heterocycles. The third-order valence-corrected chi connectivity index (χ3v) is 5.57. The zero-order chi connectivity index (χ0) is 17.1. The van der Waals surface area contributed by atoms with Crippen LogP contribution >= 0.6 is 23.1 Å². The molecule has 0 spiro atoms. The molecule has 0 N–H and O–H groups in total. The van der Waals surface area contributed by atoms with Crippen LogP contribution in [0.3, 0.4) is 0 Å². The Bertz CT molecular complexity index is 898. The van der Waals surface area contributed by atoms with Crippen molar-refractivity contribution in [2.75, 3.05) is 12.9 Å². The van der Waals surface area contributed by atoms with Crippen molar-refractivity contribution in [1.29, 1.82) is 0 Å². The summed E-state index contributed by atoms with van der Waals surface area (Å²) in [4.78, 5) is 11.8. The molecule has 3 aromatic rings. The average molecular weight is 362 g/mol. The Morgan fingerprint density at radius 2 is 2.17 bits per heavy atom. The minimum absolute atomic E-state index is 0.0862. The molecular formula is C16H18N4O2S2. The standard InChI is InChI=1S/C16H18N4O2S2/c1-11-10-24-16(21)20(11)7-8-23-15-18-17-14(19(15)2)12-5-4-6-13(9-12)22-3/h4-6,9-10H,7-8H2,1-3H3. The number of methoxy groups -OCH3 is 1. The van der Waals surface area contributed by atoms with Crippen molar-refractivity contribution in [1.82, 2.24) is 19.3 Å². The van der Waals surface area contributed by atoms with Gasteiger partial charge in [-0.1, -0.05) is 35.2 Å². The molecule has 24 heavy (non-hydrogen) atoms. The van der Waals surface area contributed by atoms with Gasteiger partial charge in [0.05, 0.1) is 7.11 Å². The fourth-order valence-electron chi connectivity index (χ4n) is 2.36. The third kappa shape index (κ3) is 3.39. The fourth-order valence-corrected chi connectivity index (χ4v) is 3.95. The number of aromatic nitrogens is 4. The summed E-state index contributed by atoms with van der Waals surface area (Å²) >= 11 is 2.83. The van der Waals surface area contributed by atoms with E-state index in [1.165, 1.54) is 11.3 Å². The van der Waals surface area contributed by atoms with E-state index in [0.29, 0.717) is 6.54 Å². The van der Waals surface area contributed by atoms with E-state index in [2.05, 4.69) is 10.2 Å². The molecule has 0 fully saturated rings. The number of nitrogens with zero attached hydrogens (tertiary/aromatic N) is 4. The molecule has 0 radical (unpaired) electrons. The van der Waals surface area contributed by atoms with Gasteiger partial charge in [0, 0.05) is 36.0 Å². The van der Waals surface area contributed by atoms with Crippen LogP contribution in [0, 0.1) is 6.92 Å². The Balaban J connectivity index is 1.72. The normalized spacial score (nSPS) is 11.0. The second-order valence-corrected chi connectivity index (χ2v) is 7.12. The van der Waals surface area contributed by atoms with E-state index in [1.807, 2.05) is 48.2 Å². The van der Waals surface area contributed by atoms with Crippen molar-refractivity contribution in [2.24, 2.45) is 7.05 Å². The Hall–Kier alpha value is -2.06. The summed E-state index contributed by atoms with van der Waals surface area (Å²) in [6.07, 6.45) is 0. The van der Waals surface area contributed by atoms with E-state index in [9.17, 15) is 4.79 Å². The molecule has 0 unspecified atom stereocenters. The second-order valence-electron chi connectivity index (χ2n) is 5.24. The Morgan fingerprint density at radius 3 is 2.88 bits per heavy atom. The highest BCUT2D eigenvalue weighted by molar-refractivity contribution is 7.99. The minimum Gasteiger partial charge on any atom is -0.497 e. The maximum absolute atomic E-state index is 11.7. The second kappa shape index (κ2) is 7.23. The molecule has 0 saturated carbocycles. The molecule has 0 aliphatic carbocycles. The van der Waals surface area contributed by atoms with Crippen LogP contribution in [-0.4, -0.2) is 32.2 Å². The maximum atomic E-state index is 11.7. The van der Waals surface area contributed by atoms with Crippen molar-refractivity contribution in [3.8, 4) is 17.1 Å².